The largest absolute Gasteiger partial charge is 0.465 e. The van der Waals surface area contributed by atoms with Crippen LogP contribution >= 0.6 is 0 Å². The number of hydrogen-bond donors (Lipinski definition) is 0. The van der Waals surface area contributed by atoms with Gasteiger partial charge >= 0.3 is 5.97 Å². The van der Waals surface area contributed by atoms with E-state index in [9.17, 15) is 9.59 Å². The van der Waals surface area contributed by atoms with Crippen molar-refractivity contribution < 1.29 is 13.9 Å². The average molecular weight is 298 g/mol. The van der Waals surface area contributed by atoms with E-state index in [0.29, 0.717) is 34.5 Å². The standard InChI is InChI=1S/C16H14N2O4/c1-10-13(16(20)21-2)7-11(22-10)9-18-14-6-4-3-5-12(14)15(19)8-17-18/h3-8H,9H2,1-2H3. The van der Waals surface area contributed by atoms with Crippen molar-refractivity contribution in [3.8, 4) is 0 Å². The number of furan rings is 1. The molecule has 1 aromatic carbocycles. The van der Waals surface area contributed by atoms with E-state index in [0.717, 1.165) is 0 Å². The fourth-order valence-corrected chi connectivity index (χ4v) is 2.37. The van der Waals surface area contributed by atoms with Crippen molar-refractivity contribution in [2.24, 2.45) is 0 Å². The van der Waals surface area contributed by atoms with Crippen molar-refractivity contribution in [1.29, 1.82) is 0 Å². The van der Waals surface area contributed by atoms with Crippen LogP contribution in [0.15, 0.2) is 45.7 Å². The van der Waals surface area contributed by atoms with Crippen LogP contribution in [0.5, 0.6) is 0 Å². The predicted molar refractivity (Wildman–Crippen MR) is 79.9 cm³/mol. The zero-order valence-corrected chi connectivity index (χ0v) is 12.2. The van der Waals surface area contributed by atoms with Crippen LogP contribution in [-0.4, -0.2) is 22.9 Å². The normalized spacial score (nSPS) is 10.8. The van der Waals surface area contributed by atoms with Crippen molar-refractivity contribution in [3.63, 3.8) is 0 Å². The Morgan fingerprint density at radius 3 is 2.91 bits per heavy atom. The van der Waals surface area contributed by atoms with E-state index in [1.54, 1.807) is 29.8 Å². The van der Waals surface area contributed by atoms with Gasteiger partial charge in [-0.3, -0.25) is 9.48 Å². The van der Waals surface area contributed by atoms with Crippen molar-refractivity contribution in [2.75, 3.05) is 7.11 Å². The summed E-state index contributed by atoms with van der Waals surface area (Å²) in [6.07, 6.45) is 1.28. The summed E-state index contributed by atoms with van der Waals surface area (Å²) >= 11 is 0. The number of benzene rings is 1. The summed E-state index contributed by atoms with van der Waals surface area (Å²) in [4.78, 5) is 23.4. The first-order valence-corrected chi connectivity index (χ1v) is 6.72. The maximum absolute atomic E-state index is 11.8. The number of para-hydroxylation sites is 1. The Labute approximate surface area is 125 Å². The van der Waals surface area contributed by atoms with E-state index < -0.39 is 5.97 Å². The van der Waals surface area contributed by atoms with Gasteiger partial charge in [-0.1, -0.05) is 12.1 Å². The molecule has 6 heteroatoms. The summed E-state index contributed by atoms with van der Waals surface area (Å²) in [7, 11) is 1.32. The highest BCUT2D eigenvalue weighted by molar-refractivity contribution is 5.90. The molecule has 0 radical (unpaired) electrons. The number of carbonyl (C=O) groups is 1. The predicted octanol–water partition coefficient (Wildman–Crippen LogP) is 2.13. The molecule has 22 heavy (non-hydrogen) atoms. The Morgan fingerprint density at radius 1 is 1.36 bits per heavy atom. The lowest BCUT2D eigenvalue weighted by atomic mass is 10.2. The molecule has 0 N–H and O–H groups in total. The quantitative estimate of drug-likeness (QED) is 0.692. The maximum atomic E-state index is 11.8. The first kappa shape index (κ1) is 14.1. The zero-order chi connectivity index (χ0) is 15.7. The van der Waals surface area contributed by atoms with Crippen LogP contribution < -0.4 is 5.43 Å². The van der Waals surface area contributed by atoms with Crippen LogP contribution in [0, 0.1) is 6.92 Å². The van der Waals surface area contributed by atoms with Crippen LogP contribution in [-0.2, 0) is 11.3 Å². The fraction of sp³-hybridized carbons (Fsp3) is 0.188. The second-order valence-electron chi connectivity index (χ2n) is 4.86. The first-order valence-electron chi connectivity index (χ1n) is 6.72. The van der Waals surface area contributed by atoms with Crippen LogP contribution in [0.3, 0.4) is 0 Å². The van der Waals surface area contributed by atoms with Crippen LogP contribution in [0.1, 0.15) is 21.9 Å². The van der Waals surface area contributed by atoms with Crippen molar-refractivity contribution in [1.82, 2.24) is 9.78 Å². The smallest absolute Gasteiger partial charge is 0.341 e. The number of methoxy groups -OCH3 is 1. The van der Waals surface area contributed by atoms with E-state index in [1.165, 1.54) is 13.3 Å². The highest BCUT2D eigenvalue weighted by Gasteiger charge is 2.16. The molecule has 0 aliphatic heterocycles. The summed E-state index contributed by atoms with van der Waals surface area (Å²) in [5.74, 6) is 0.622. The Bertz CT molecular complexity index is 908. The Balaban J connectivity index is 2.03. The third-order valence-electron chi connectivity index (χ3n) is 3.44. The molecule has 2 heterocycles. The number of rotatable bonds is 3. The van der Waals surface area contributed by atoms with Crippen molar-refractivity contribution in [2.45, 2.75) is 13.5 Å². The first-order chi connectivity index (χ1) is 10.6. The molecule has 0 bridgehead atoms. The second-order valence-corrected chi connectivity index (χ2v) is 4.86. The maximum Gasteiger partial charge on any atom is 0.341 e. The number of aryl methyl sites for hydroxylation is 1. The Morgan fingerprint density at radius 2 is 2.14 bits per heavy atom. The molecular weight excluding hydrogens is 284 g/mol. The van der Waals surface area contributed by atoms with E-state index in [4.69, 9.17) is 9.15 Å². The van der Waals surface area contributed by atoms with Crippen molar-refractivity contribution >= 4 is 16.9 Å². The van der Waals surface area contributed by atoms with E-state index in [1.807, 2.05) is 12.1 Å². The number of hydrogen-bond acceptors (Lipinski definition) is 5. The van der Waals surface area contributed by atoms with Gasteiger partial charge in [0.1, 0.15) is 17.1 Å². The molecule has 0 aliphatic rings. The van der Waals surface area contributed by atoms with E-state index in [2.05, 4.69) is 5.10 Å². The van der Waals surface area contributed by atoms with Gasteiger partial charge in [-0.15, -0.1) is 0 Å². The Hall–Kier alpha value is -2.89. The molecule has 3 aromatic rings. The van der Waals surface area contributed by atoms with Gasteiger partial charge in [-0.05, 0) is 25.1 Å². The minimum absolute atomic E-state index is 0.127. The molecule has 0 fully saturated rings. The molecule has 0 amide bonds. The van der Waals surface area contributed by atoms with Gasteiger partial charge in [-0.25, -0.2) is 4.79 Å². The summed E-state index contributed by atoms with van der Waals surface area (Å²) in [6, 6.07) is 8.85. The molecule has 0 spiro atoms. The molecule has 6 nitrogen and oxygen atoms in total. The van der Waals surface area contributed by atoms with Gasteiger partial charge in [-0.2, -0.15) is 5.10 Å². The molecule has 0 saturated carbocycles. The molecule has 0 aliphatic carbocycles. The fourth-order valence-electron chi connectivity index (χ4n) is 2.37. The topological polar surface area (TPSA) is 74.3 Å². The van der Waals surface area contributed by atoms with Gasteiger partial charge in [0.15, 0.2) is 0 Å². The number of aromatic nitrogens is 2. The van der Waals surface area contributed by atoms with E-state index in [-0.39, 0.29) is 5.43 Å². The van der Waals surface area contributed by atoms with Crippen LogP contribution in [0.4, 0.5) is 0 Å². The summed E-state index contributed by atoms with van der Waals surface area (Å²) in [5.41, 5.74) is 0.976. The Kier molecular flexibility index (Phi) is 3.50. The van der Waals surface area contributed by atoms with Crippen LogP contribution in [0.25, 0.3) is 10.9 Å². The third kappa shape index (κ3) is 2.39. The van der Waals surface area contributed by atoms with Crippen molar-refractivity contribution in [3.05, 3.63) is 63.8 Å². The molecule has 3 rings (SSSR count). The van der Waals surface area contributed by atoms with Gasteiger partial charge < -0.3 is 9.15 Å². The second kappa shape index (κ2) is 5.48. The molecule has 0 saturated heterocycles. The van der Waals surface area contributed by atoms with Gasteiger partial charge in [0.25, 0.3) is 0 Å². The average Bonchev–Trinajstić information content (AvgIpc) is 2.90. The van der Waals surface area contributed by atoms with Crippen LogP contribution in [0.2, 0.25) is 0 Å². The molecule has 0 unspecified atom stereocenters. The summed E-state index contributed by atoms with van der Waals surface area (Å²) in [6.45, 7) is 2.02. The monoisotopic (exact) mass is 298 g/mol. The molecule has 112 valence electrons. The summed E-state index contributed by atoms with van der Waals surface area (Å²) < 4.78 is 11.9. The number of carbonyl (C=O) groups excluding carboxylic acids is 1. The number of fused-ring (bicyclic) bond motifs is 1. The third-order valence-corrected chi connectivity index (χ3v) is 3.44. The molecular formula is C16H14N2O4. The highest BCUT2D eigenvalue weighted by Crippen LogP contribution is 2.18. The minimum Gasteiger partial charge on any atom is -0.465 e. The SMILES string of the molecule is COC(=O)c1cc(Cn2ncc(=O)c3ccccc32)oc1C. The van der Waals surface area contributed by atoms with Gasteiger partial charge in [0, 0.05) is 5.39 Å². The minimum atomic E-state index is -0.440. The highest BCUT2D eigenvalue weighted by atomic mass is 16.5. The summed E-state index contributed by atoms with van der Waals surface area (Å²) in [5, 5.41) is 4.73. The van der Waals surface area contributed by atoms with Gasteiger partial charge in [0.05, 0.1) is 25.4 Å². The van der Waals surface area contributed by atoms with Gasteiger partial charge in [0.2, 0.25) is 5.43 Å². The lowest BCUT2D eigenvalue weighted by Crippen LogP contribution is -2.12. The number of ether oxygens (including phenoxy) is 1. The van der Waals surface area contributed by atoms with E-state index >= 15 is 0 Å². The number of nitrogens with zero attached hydrogens (tertiary/aromatic N) is 2. The number of esters is 1. The molecule has 2 aromatic heterocycles. The lowest BCUT2D eigenvalue weighted by molar-refractivity contribution is 0.0599. The molecule has 0 atom stereocenters. The lowest BCUT2D eigenvalue weighted by Gasteiger charge is -2.07. The zero-order valence-electron chi connectivity index (χ0n) is 12.2.